The Morgan fingerprint density at radius 3 is 2.44 bits per heavy atom. The molecule has 0 saturated heterocycles. The van der Waals surface area contributed by atoms with Crippen molar-refractivity contribution >= 4 is 5.97 Å². The van der Waals surface area contributed by atoms with Gasteiger partial charge in [-0.25, -0.2) is 0 Å². The second-order valence-corrected chi connectivity index (χ2v) is 4.98. The Morgan fingerprint density at radius 2 is 2.00 bits per heavy atom. The van der Waals surface area contributed by atoms with Crippen LogP contribution in [0.2, 0.25) is 0 Å². The van der Waals surface area contributed by atoms with Gasteiger partial charge < -0.3 is 14.8 Å². The lowest BCUT2D eigenvalue weighted by Gasteiger charge is -2.19. The Labute approximate surface area is 98.7 Å². The zero-order valence-corrected chi connectivity index (χ0v) is 11.1. The molecule has 0 bridgehead atoms. The maximum Gasteiger partial charge on any atom is 0.325 e. The summed E-state index contributed by atoms with van der Waals surface area (Å²) in [7, 11) is 1.73. The Morgan fingerprint density at radius 1 is 1.38 bits per heavy atom. The van der Waals surface area contributed by atoms with Crippen molar-refractivity contribution in [2.75, 3.05) is 26.9 Å². The SMILES string of the molecule is CCOC(=O)C(COCCC(C)(C)C)NC. The molecular weight excluding hydrogens is 206 g/mol. The number of hydrogen-bond acceptors (Lipinski definition) is 4. The Kier molecular flexibility index (Phi) is 7.34. The summed E-state index contributed by atoms with van der Waals surface area (Å²) in [6.45, 7) is 9.72. The summed E-state index contributed by atoms with van der Waals surface area (Å²) >= 11 is 0. The summed E-state index contributed by atoms with van der Waals surface area (Å²) in [4.78, 5) is 11.4. The quantitative estimate of drug-likeness (QED) is 0.534. The van der Waals surface area contributed by atoms with Crippen molar-refractivity contribution < 1.29 is 14.3 Å². The minimum atomic E-state index is -0.361. The first kappa shape index (κ1) is 15.4. The Hall–Kier alpha value is -0.610. The highest BCUT2D eigenvalue weighted by Gasteiger charge is 2.18. The van der Waals surface area contributed by atoms with E-state index in [2.05, 4.69) is 26.1 Å². The summed E-state index contributed by atoms with van der Waals surface area (Å²) in [5.74, 6) is -0.249. The molecule has 4 nitrogen and oxygen atoms in total. The van der Waals surface area contributed by atoms with Gasteiger partial charge in [0, 0.05) is 6.61 Å². The van der Waals surface area contributed by atoms with E-state index in [0.717, 1.165) is 6.42 Å². The van der Waals surface area contributed by atoms with Crippen LogP contribution >= 0.6 is 0 Å². The van der Waals surface area contributed by atoms with E-state index in [0.29, 0.717) is 19.8 Å². The smallest absolute Gasteiger partial charge is 0.325 e. The molecule has 0 aliphatic carbocycles. The van der Waals surface area contributed by atoms with E-state index in [4.69, 9.17) is 9.47 Å². The molecule has 0 saturated carbocycles. The fourth-order valence-corrected chi connectivity index (χ4v) is 1.09. The van der Waals surface area contributed by atoms with E-state index in [1.807, 2.05) is 0 Å². The number of ether oxygens (including phenoxy) is 2. The molecule has 96 valence electrons. The average Bonchev–Trinajstić information content (AvgIpc) is 2.16. The van der Waals surface area contributed by atoms with E-state index >= 15 is 0 Å². The van der Waals surface area contributed by atoms with Crippen molar-refractivity contribution in [3.05, 3.63) is 0 Å². The highest BCUT2D eigenvalue weighted by atomic mass is 16.5. The van der Waals surface area contributed by atoms with Crippen molar-refractivity contribution in [3.8, 4) is 0 Å². The van der Waals surface area contributed by atoms with Crippen molar-refractivity contribution in [3.63, 3.8) is 0 Å². The predicted molar refractivity (Wildman–Crippen MR) is 64.4 cm³/mol. The van der Waals surface area contributed by atoms with E-state index < -0.39 is 0 Å². The molecule has 0 fully saturated rings. The van der Waals surface area contributed by atoms with E-state index in [1.165, 1.54) is 0 Å². The van der Waals surface area contributed by atoms with Crippen LogP contribution in [0, 0.1) is 5.41 Å². The fraction of sp³-hybridized carbons (Fsp3) is 0.917. The second-order valence-electron chi connectivity index (χ2n) is 4.98. The fourth-order valence-electron chi connectivity index (χ4n) is 1.09. The summed E-state index contributed by atoms with van der Waals surface area (Å²) in [6, 6.07) is -0.361. The molecule has 1 atom stereocenters. The molecule has 16 heavy (non-hydrogen) atoms. The number of nitrogens with one attached hydrogen (secondary N) is 1. The molecule has 0 heterocycles. The minimum absolute atomic E-state index is 0.249. The molecule has 1 N–H and O–H groups in total. The van der Waals surface area contributed by atoms with Gasteiger partial charge in [-0.1, -0.05) is 20.8 Å². The summed E-state index contributed by atoms with van der Waals surface area (Å²) in [6.07, 6.45) is 0.978. The van der Waals surface area contributed by atoms with E-state index in [-0.39, 0.29) is 17.4 Å². The lowest BCUT2D eigenvalue weighted by molar-refractivity contribution is -0.147. The van der Waals surface area contributed by atoms with Gasteiger partial charge in [0.15, 0.2) is 0 Å². The Balaban J connectivity index is 3.75. The maximum absolute atomic E-state index is 11.4. The predicted octanol–water partition coefficient (Wildman–Crippen LogP) is 1.59. The monoisotopic (exact) mass is 231 g/mol. The molecule has 0 aliphatic rings. The number of carbonyl (C=O) groups is 1. The molecule has 4 heteroatoms. The highest BCUT2D eigenvalue weighted by Crippen LogP contribution is 2.17. The molecule has 0 aliphatic heterocycles. The molecule has 0 radical (unpaired) electrons. The molecule has 0 rings (SSSR count). The lowest BCUT2D eigenvalue weighted by atomic mass is 9.93. The molecule has 0 aromatic heterocycles. The molecule has 0 spiro atoms. The van der Waals surface area contributed by atoms with Crippen LogP contribution in [0.25, 0.3) is 0 Å². The molecule has 1 unspecified atom stereocenters. The highest BCUT2D eigenvalue weighted by molar-refractivity contribution is 5.75. The van der Waals surface area contributed by atoms with Crippen LogP contribution in [-0.2, 0) is 14.3 Å². The standard InChI is InChI=1S/C12H25NO3/c1-6-16-11(14)10(13-5)9-15-8-7-12(2,3)4/h10,13H,6-9H2,1-5H3. The van der Waals surface area contributed by atoms with Crippen LogP contribution in [-0.4, -0.2) is 38.9 Å². The van der Waals surface area contributed by atoms with Crippen LogP contribution in [0.4, 0.5) is 0 Å². The normalized spacial score (nSPS) is 13.6. The first-order valence-corrected chi connectivity index (χ1v) is 5.82. The van der Waals surface area contributed by atoms with Gasteiger partial charge >= 0.3 is 5.97 Å². The lowest BCUT2D eigenvalue weighted by Crippen LogP contribution is -2.39. The molecule has 0 amide bonds. The number of carbonyl (C=O) groups excluding carboxylic acids is 1. The van der Waals surface area contributed by atoms with Crippen molar-refractivity contribution in [1.29, 1.82) is 0 Å². The number of esters is 1. The topological polar surface area (TPSA) is 47.6 Å². The van der Waals surface area contributed by atoms with Gasteiger partial charge in [-0.3, -0.25) is 4.79 Å². The Bertz CT molecular complexity index is 199. The summed E-state index contributed by atoms with van der Waals surface area (Å²) in [5, 5.41) is 2.88. The van der Waals surface area contributed by atoms with Gasteiger partial charge in [-0.2, -0.15) is 0 Å². The number of likely N-dealkylation sites (N-methyl/N-ethyl adjacent to an activating group) is 1. The van der Waals surface area contributed by atoms with Gasteiger partial charge in [-0.15, -0.1) is 0 Å². The molecule has 0 aromatic carbocycles. The summed E-state index contributed by atoms with van der Waals surface area (Å²) in [5.41, 5.74) is 0.263. The van der Waals surface area contributed by atoms with Gasteiger partial charge in [0.05, 0.1) is 13.2 Å². The van der Waals surface area contributed by atoms with Crippen LogP contribution in [0.3, 0.4) is 0 Å². The van der Waals surface area contributed by atoms with Gasteiger partial charge in [0.2, 0.25) is 0 Å². The largest absolute Gasteiger partial charge is 0.465 e. The summed E-state index contributed by atoms with van der Waals surface area (Å²) < 4.78 is 10.4. The zero-order valence-electron chi connectivity index (χ0n) is 11.1. The average molecular weight is 231 g/mol. The number of hydrogen-bond donors (Lipinski definition) is 1. The van der Waals surface area contributed by atoms with Gasteiger partial charge in [0.25, 0.3) is 0 Å². The first-order valence-electron chi connectivity index (χ1n) is 5.82. The van der Waals surface area contributed by atoms with Crippen molar-refractivity contribution in [1.82, 2.24) is 5.32 Å². The van der Waals surface area contributed by atoms with Crippen LogP contribution < -0.4 is 5.32 Å². The minimum Gasteiger partial charge on any atom is -0.465 e. The van der Waals surface area contributed by atoms with Gasteiger partial charge in [-0.05, 0) is 25.8 Å². The molecule has 0 aromatic rings. The number of rotatable bonds is 7. The maximum atomic E-state index is 11.4. The van der Waals surface area contributed by atoms with Crippen molar-refractivity contribution in [2.45, 2.75) is 40.2 Å². The third kappa shape index (κ3) is 7.65. The third-order valence-corrected chi connectivity index (χ3v) is 2.20. The first-order chi connectivity index (χ1) is 7.40. The van der Waals surface area contributed by atoms with Crippen molar-refractivity contribution in [2.24, 2.45) is 5.41 Å². The van der Waals surface area contributed by atoms with E-state index in [9.17, 15) is 4.79 Å². The van der Waals surface area contributed by atoms with Crippen LogP contribution in [0.1, 0.15) is 34.1 Å². The van der Waals surface area contributed by atoms with E-state index in [1.54, 1.807) is 14.0 Å². The van der Waals surface area contributed by atoms with Crippen LogP contribution in [0.5, 0.6) is 0 Å². The second kappa shape index (κ2) is 7.63. The van der Waals surface area contributed by atoms with Crippen LogP contribution in [0.15, 0.2) is 0 Å². The van der Waals surface area contributed by atoms with Gasteiger partial charge in [0.1, 0.15) is 6.04 Å². The zero-order chi connectivity index (χ0) is 12.6. The molecular formula is C12H25NO3. The third-order valence-electron chi connectivity index (χ3n) is 2.20.